The van der Waals surface area contributed by atoms with Crippen LogP contribution in [-0.2, 0) is 0 Å². The number of allylic oxidation sites excluding steroid dienone is 2. The Bertz CT molecular complexity index is 160. The molecule has 0 spiro atoms. The van der Waals surface area contributed by atoms with E-state index in [1.807, 2.05) is 0 Å². The van der Waals surface area contributed by atoms with Crippen molar-refractivity contribution in [2.24, 2.45) is 0 Å². The maximum atomic E-state index is 5.79. The van der Waals surface area contributed by atoms with Gasteiger partial charge in [-0.15, -0.1) is 23.2 Å². The van der Waals surface area contributed by atoms with E-state index in [4.69, 9.17) is 46.4 Å². The first-order chi connectivity index (χ1) is 4.72. The zero-order valence-electron chi connectivity index (χ0n) is 4.82. The molecule has 4 heteroatoms. The van der Waals surface area contributed by atoms with Crippen molar-refractivity contribution in [2.75, 3.05) is 0 Å². The summed E-state index contributed by atoms with van der Waals surface area (Å²) in [4.78, 5) is 0. The minimum absolute atomic E-state index is 0.197. The molecule has 0 aromatic rings. The van der Waals surface area contributed by atoms with Crippen LogP contribution in [0.1, 0.15) is 0 Å². The highest BCUT2D eigenvalue weighted by atomic mass is 35.5. The fourth-order valence-corrected chi connectivity index (χ4v) is 2.41. The molecule has 0 bridgehead atoms. The standard InChI is InChI=1S/C6H4Cl4/c7-1-3-5(9)4(2-8)6(3)10/h1-2,5-6H. The molecule has 0 nitrogen and oxygen atoms in total. The summed E-state index contributed by atoms with van der Waals surface area (Å²) in [7, 11) is 0. The number of hydrogen-bond donors (Lipinski definition) is 0. The van der Waals surface area contributed by atoms with E-state index in [0.717, 1.165) is 11.1 Å². The number of rotatable bonds is 0. The first-order valence-electron chi connectivity index (χ1n) is 2.60. The monoisotopic (exact) mass is 216 g/mol. The second-order valence-electron chi connectivity index (χ2n) is 1.94. The van der Waals surface area contributed by atoms with Crippen molar-refractivity contribution >= 4 is 46.4 Å². The smallest absolute Gasteiger partial charge is 0.0813 e. The Kier molecular flexibility index (Phi) is 2.93. The summed E-state index contributed by atoms with van der Waals surface area (Å²) in [6.07, 6.45) is 0. The summed E-state index contributed by atoms with van der Waals surface area (Å²) in [5.74, 6) is 0. The molecule has 0 aromatic carbocycles. The predicted molar refractivity (Wildman–Crippen MR) is 47.2 cm³/mol. The molecule has 1 rings (SSSR count). The van der Waals surface area contributed by atoms with Crippen molar-refractivity contribution in [1.82, 2.24) is 0 Å². The molecule has 0 atom stereocenters. The predicted octanol–water partition coefficient (Wildman–Crippen LogP) is 3.46. The molecule has 0 aromatic heterocycles. The zero-order chi connectivity index (χ0) is 7.72. The summed E-state index contributed by atoms with van der Waals surface area (Å²) < 4.78 is 0. The molecule has 0 radical (unpaired) electrons. The van der Waals surface area contributed by atoms with E-state index in [9.17, 15) is 0 Å². The molecule has 0 amide bonds. The van der Waals surface area contributed by atoms with Crippen molar-refractivity contribution in [3.05, 3.63) is 22.2 Å². The fourth-order valence-electron chi connectivity index (χ4n) is 0.767. The lowest BCUT2D eigenvalue weighted by molar-refractivity contribution is 0.883. The van der Waals surface area contributed by atoms with E-state index in [2.05, 4.69) is 0 Å². The maximum absolute atomic E-state index is 5.79. The second kappa shape index (κ2) is 3.36. The lowest BCUT2D eigenvalue weighted by Crippen LogP contribution is -2.32. The molecule has 0 unspecified atom stereocenters. The average molecular weight is 218 g/mol. The van der Waals surface area contributed by atoms with E-state index >= 15 is 0 Å². The lowest BCUT2D eigenvalue weighted by Gasteiger charge is -2.32. The van der Waals surface area contributed by atoms with Crippen LogP contribution in [0.15, 0.2) is 22.2 Å². The van der Waals surface area contributed by atoms with Gasteiger partial charge < -0.3 is 0 Å². The van der Waals surface area contributed by atoms with Crippen LogP contribution >= 0.6 is 46.4 Å². The van der Waals surface area contributed by atoms with Crippen LogP contribution in [0.4, 0.5) is 0 Å². The number of halogens is 4. The second-order valence-corrected chi connectivity index (χ2v) is 3.25. The van der Waals surface area contributed by atoms with E-state index in [1.165, 1.54) is 11.1 Å². The van der Waals surface area contributed by atoms with Gasteiger partial charge in [0.2, 0.25) is 0 Å². The normalized spacial score (nSPS) is 31.6. The minimum atomic E-state index is -0.197. The third-order valence-electron chi connectivity index (χ3n) is 1.42. The van der Waals surface area contributed by atoms with E-state index in [1.54, 1.807) is 0 Å². The molecule has 0 aliphatic heterocycles. The fraction of sp³-hybridized carbons (Fsp3) is 0.333. The van der Waals surface area contributed by atoms with E-state index < -0.39 is 0 Å². The van der Waals surface area contributed by atoms with Gasteiger partial charge in [-0.05, 0) is 11.1 Å². The van der Waals surface area contributed by atoms with Gasteiger partial charge in [0.05, 0.1) is 10.8 Å². The summed E-state index contributed by atoms with van der Waals surface area (Å²) in [6, 6.07) is 0. The van der Waals surface area contributed by atoms with Crippen LogP contribution in [-0.4, -0.2) is 10.8 Å². The SMILES string of the molecule is ClC=C1C(Cl)C(=CCl)C1Cl. The molecule has 0 heterocycles. The quantitative estimate of drug-likeness (QED) is 0.546. The van der Waals surface area contributed by atoms with Crippen LogP contribution in [0.3, 0.4) is 0 Å². The largest absolute Gasteiger partial charge is 0.113 e. The zero-order valence-corrected chi connectivity index (χ0v) is 7.84. The molecule has 1 fully saturated rings. The Balaban J connectivity index is 2.78. The van der Waals surface area contributed by atoms with E-state index in [0.29, 0.717) is 0 Å². The Morgan fingerprint density at radius 3 is 1.40 bits per heavy atom. The lowest BCUT2D eigenvalue weighted by atomic mass is 9.87. The molecule has 1 aliphatic carbocycles. The third-order valence-corrected chi connectivity index (χ3v) is 2.93. The minimum Gasteiger partial charge on any atom is -0.113 e. The molecule has 10 heavy (non-hydrogen) atoms. The molecule has 0 saturated heterocycles. The van der Waals surface area contributed by atoms with Crippen molar-refractivity contribution < 1.29 is 0 Å². The van der Waals surface area contributed by atoms with Crippen molar-refractivity contribution in [2.45, 2.75) is 10.8 Å². The van der Waals surface area contributed by atoms with Gasteiger partial charge in [-0.3, -0.25) is 0 Å². The van der Waals surface area contributed by atoms with Gasteiger partial charge in [0.25, 0.3) is 0 Å². The topological polar surface area (TPSA) is 0 Å². The van der Waals surface area contributed by atoms with Crippen molar-refractivity contribution in [3.63, 3.8) is 0 Å². The number of alkyl halides is 2. The van der Waals surface area contributed by atoms with Gasteiger partial charge in [0, 0.05) is 11.1 Å². The molecule has 1 aliphatic rings. The highest BCUT2D eigenvalue weighted by Gasteiger charge is 2.37. The number of hydrogen-bond acceptors (Lipinski definition) is 0. The van der Waals surface area contributed by atoms with Crippen LogP contribution < -0.4 is 0 Å². The van der Waals surface area contributed by atoms with Crippen LogP contribution in [0.5, 0.6) is 0 Å². The molecule has 1 saturated carbocycles. The first-order valence-corrected chi connectivity index (χ1v) is 4.35. The average Bonchev–Trinajstić information content (AvgIpc) is 1.90. The van der Waals surface area contributed by atoms with Crippen LogP contribution in [0.2, 0.25) is 0 Å². The van der Waals surface area contributed by atoms with E-state index in [-0.39, 0.29) is 10.8 Å². The summed E-state index contributed by atoms with van der Waals surface area (Å²) in [5.41, 5.74) is 4.44. The Hall–Kier alpha value is 0.640. The maximum Gasteiger partial charge on any atom is 0.0813 e. The molecule has 56 valence electrons. The van der Waals surface area contributed by atoms with Gasteiger partial charge in [0.15, 0.2) is 0 Å². The highest BCUT2D eigenvalue weighted by Crippen LogP contribution is 2.42. The Morgan fingerprint density at radius 1 is 0.900 bits per heavy atom. The highest BCUT2D eigenvalue weighted by molar-refractivity contribution is 6.38. The van der Waals surface area contributed by atoms with Gasteiger partial charge in [-0.1, -0.05) is 23.2 Å². The molecular formula is C6H4Cl4. The van der Waals surface area contributed by atoms with Gasteiger partial charge in [-0.25, -0.2) is 0 Å². The Labute approximate surface area is 79.4 Å². The summed E-state index contributed by atoms with van der Waals surface area (Å²) in [5, 5.41) is -0.394. The van der Waals surface area contributed by atoms with Gasteiger partial charge >= 0.3 is 0 Å². The Morgan fingerprint density at radius 2 is 1.20 bits per heavy atom. The summed E-state index contributed by atoms with van der Waals surface area (Å²) in [6.45, 7) is 0. The van der Waals surface area contributed by atoms with Crippen LogP contribution in [0, 0.1) is 0 Å². The first kappa shape index (κ1) is 8.73. The van der Waals surface area contributed by atoms with Gasteiger partial charge in [0.1, 0.15) is 0 Å². The summed E-state index contributed by atoms with van der Waals surface area (Å²) >= 11 is 22.4. The molecule has 0 N–H and O–H groups in total. The third kappa shape index (κ3) is 1.18. The van der Waals surface area contributed by atoms with Crippen molar-refractivity contribution in [1.29, 1.82) is 0 Å². The molecular weight excluding hydrogens is 214 g/mol. The van der Waals surface area contributed by atoms with Gasteiger partial charge in [-0.2, -0.15) is 0 Å². The van der Waals surface area contributed by atoms with Crippen LogP contribution in [0.25, 0.3) is 0 Å². The van der Waals surface area contributed by atoms with Crippen molar-refractivity contribution in [3.8, 4) is 0 Å².